The van der Waals surface area contributed by atoms with Crippen LogP contribution in [0, 0.1) is 17.5 Å². The number of nitrogens with two attached hydrogens (primary N) is 1. The van der Waals surface area contributed by atoms with Gasteiger partial charge < -0.3 is 10.6 Å². The number of nitrogens with zero attached hydrogens (tertiary/aromatic N) is 3. The summed E-state index contributed by atoms with van der Waals surface area (Å²) in [5.74, 6) is -2.50. The van der Waals surface area contributed by atoms with E-state index in [1.165, 1.54) is 29.5 Å². The van der Waals surface area contributed by atoms with Crippen LogP contribution in [0.25, 0.3) is 21.7 Å². The average molecular weight is 560 g/mol. The van der Waals surface area contributed by atoms with Gasteiger partial charge in [0.25, 0.3) is 10.0 Å². The number of benzene rings is 2. The highest BCUT2D eigenvalue weighted by Gasteiger charge is 2.27. The fourth-order valence-electron chi connectivity index (χ4n) is 4.41. The molecule has 3 heterocycles. The summed E-state index contributed by atoms with van der Waals surface area (Å²) in [6.45, 7) is 1.83. The monoisotopic (exact) mass is 559 g/mol. The molecule has 1 aliphatic heterocycles. The van der Waals surface area contributed by atoms with Crippen LogP contribution >= 0.6 is 11.3 Å². The third kappa shape index (κ3) is 5.24. The Morgan fingerprint density at radius 1 is 1.08 bits per heavy atom. The van der Waals surface area contributed by atoms with Crippen molar-refractivity contribution in [2.45, 2.75) is 23.7 Å². The number of rotatable bonds is 6. The van der Waals surface area contributed by atoms with Gasteiger partial charge in [-0.15, -0.1) is 11.3 Å². The minimum absolute atomic E-state index is 0.0609. The Bertz CT molecular complexity index is 1600. The predicted octanol–water partition coefficient (Wildman–Crippen LogP) is 5.48. The smallest absolute Gasteiger partial charge is 0.265 e. The summed E-state index contributed by atoms with van der Waals surface area (Å²) in [4.78, 5) is 10.9. The number of hydrogen-bond acceptors (Lipinski definition) is 7. The molecular formula is C26H24F3N5O2S2. The maximum atomic E-state index is 15.9. The summed E-state index contributed by atoms with van der Waals surface area (Å²) in [7, 11) is -2.56. The Labute approximate surface area is 222 Å². The lowest BCUT2D eigenvalue weighted by molar-refractivity contribution is 0.255. The first-order valence-electron chi connectivity index (χ1n) is 11.8. The van der Waals surface area contributed by atoms with E-state index < -0.39 is 38.1 Å². The molecule has 0 spiro atoms. The molecule has 0 bridgehead atoms. The van der Waals surface area contributed by atoms with E-state index >= 15 is 4.39 Å². The van der Waals surface area contributed by atoms with E-state index in [-0.39, 0.29) is 11.5 Å². The number of likely N-dealkylation sites (tertiary alicyclic amines) is 1. The lowest BCUT2D eigenvalue weighted by Crippen LogP contribution is -2.29. The van der Waals surface area contributed by atoms with Gasteiger partial charge in [0, 0.05) is 17.7 Å². The minimum atomic E-state index is -4.63. The van der Waals surface area contributed by atoms with E-state index in [1.54, 1.807) is 18.3 Å². The van der Waals surface area contributed by atoms with Gasteiger partial charge in [-0.1, -0.05) is 6.07 Å². The molecule has 0 aliphatic carbocycles. The minimum Gasteiger partial charge on any atom is -0.384 e. The molecule has 0 unspecified atom stereocenters. The quantitative estimate of drug-likeness (QED) is 0.324. The van der Waals surface area contributed by atoms with E-state index in [0.717, 1.165) is 37.0 Å². The lowest BCUT2D eigenvalue weighted by atomic mass is 9.98. The van der Waals surface area contributed by atoms with Crippen molar-refractivity contribution in [3.63, 3.8) is 0 Å². The third-order valence-electron chi connectivity index (χ3n) is 6.44. The number of aromatic nitrogens is 2. The van der Waals surface area contributed by atoms with Crippen molar-refractivity contribution in [1.82, 2.24) is 14.9 Å². The number of halogens is 3. The molecular weight excluding hydrogens is 535 g/mol. The zero-order valence-corrected chi connectivity index (χ0v) is 21.9. The van der Waals surface area contributed by atoms with Gasteiger partial charge in [0.05, 0.1) is 21.3 Å². The number of nitrogen functional groups attached to an aromatic ring is 1. The van der Waals surface area contributed by atoms with E-state index in [0.29, 0.717) is 34.1 Å². The molecule has 12 heteroatoms. The van der Waals surface area contributed by atoms with E-state index in [2.05, 4.69) is 21.7 Å². The van der Waals surface area contributed by atoms with Gasteiger partial charge in [0.1, 0.15) is 22.3 Å². The largest absolute Gasteiger partial charge is 0.384 e. The second kappa shape index (κ2) is 10.4. The fraction of sp³-hybridized carbons (Fsp3) is 0.231. The van der Waals surface area contributed by atoms with Crippen molar-refractivity contribution in [1.29, 1.82) is 0 Å². The summed E-state index contributed by atoms with van der Waals surface area (Å²) in [5, 5.41) is 0.852. The molecule has 5 rings (SSSR count). The molecule has 0 atom stereocenters. The Morgan fingerprint density at radius 3 is 2.58 bits per heavy atom. The molecule has 7 nitrogen and oxygen atoms in total. The first kappa shape index (κ1) is 26.1. The first-order valence-corrected chi connectivity index (χ1v) is 14.1. The lowest BCUT2D eigenvalue weighted by Gasteiger charge is -2.27. The summed E-state index contributed by atoms with van der Waals surface area (Å²) in [6.07, 6.45) is 3.36. The second-order valence-electron chi connectivity index (χ2n) is 9.12. The van der Waals surface area contributed by atoms with E-state index in [1.807, 2.05) is 0 Å². The van der Waals surface area contributed by atoms with Crippen molar-refractivity contribution in [3.05, 3.63) is 77.2 Å². The van der Waals surface area contributed by atoms with Crippen molar-refractivity contribution >= 4 is 32.9 Å². The third-order valence-corrected chi connectivity index (χ3v) is 9.08. The number of piperidine rings is 1. The molecule has 1 fully saturated rings. The molecule has 2 aromatic carbocycles. The number of pyridine rings is 1. The van der Waals surface area contributed by atoms with Crippen LogP contribution in [-0.2, 0) is 10.0 Å². The molecule has 2 aromatic heterocycles. The zero-order valence-electron chi connectivity index (χ0n) is 20.3. The van der Waals surface area contributed by atoms with Crippen LogP contribution in [0.15, 0.2) is 59.6 Å². The summed E-state index contributed by atoms with van der Waals surface area (Å²) in [5.41, 5.74) is 6.60. The molecule has 0 amide bonds. The predicted molar refractivity (Wildman–Crippen MR) is 142 cm³/mol. The van der Waals surface area contributed by atoms with Crippen molar-refractivity contribution in [3.8, 4) is 21.7 Å². The number of anilines is 2. The Morgan fingerprint density at radius 2 is 1.84 bits per heavy atom. The summed E-state index contributed by atoms with van der Waals surface area (Å²) >= 11 is 1.44. The van der Waals surface area contributed by atoms with Crippen LogP contribution < -0.4 is 10.5 Å². The topological polar surface area (TPSA) is 101 Å². The Kier molecular flexibility index (Phi) is 7.12. The Hall–Kier alpha value is -3.48. The van der Waals surface area contributed by atoms with Crippen LogP contribution in [0.5, 0.6) is 0 Å². The molecule has 4 aromatic rings. The standard InChI is InChI=1S/C26H24F3N5O2S2/c1-34-11-8-15(9-12-34)26-32-24(25(37-26)16-7-10-31-22(30)13-16)18-3-2-4-20(23(18)29)33-38(35,36)21-14-17(27)5-6-19(21)28/h2-7,10,13-15,33H,8-9,11-12H2,1H3,(H2,30,31). The number of sulfonamides is 1. The summed E-state index contributed by atoms with van der Waals surface area (Å²) in [6, 6.07) is 9.64. The summed E-state index contributed by atoms with van der Waals surface area (Å²) < 4.78 is 71.4. The van der Waals surface area contributed by atoms with Gasteiger partial charge >= 0.3 is 0 Å². The van der Waals surface area contributed by atoms with Crippen LogP contribution in [0.1, 0.15) is 23.8 Å². The van der Waals surface area contributed by atoms with Crippen molar-refractivity contribution in [2.24, 2.45) is 0 Å². The molecule has 1 saturated heterocycles. The van der Waals surface area contributed by atoms with Gasteiger partial charge in [-0.25, -0.2) is 31.6 Å². The molecule has 0 saturated carbocycles. The van der Waals surface area contributed by atoms with Gasteiger partial charge in [0.15, 0.2) is 5.82 Å². The molecule has 1 aliphatic rings. The highest BCUT2D eigenvalue weighted by Crippen LogP contribution is 2.43. The van der Waals surface area contributed by atoms with Gasteiger partial charge in [-0.05, 0) is 81.0 Å². The van der Waals surface area contributed by atoms with Crippen LogP contribution in [0.3, 0.4) is 0 Å². The molecule has 0 radical (unpaired) electrons. The van der Waals surface area contributed by atoms with Crippen LogP contribution in [0.4, 0.5) is 24.7 Å². The fourth-order valence-corrected chi connectivity index (χ4v) is 6.81. The van der Waals surface area contributed by atoms with Crippen molar-refractivity contribution < 1.29 is 21.6 Å². The van der Waals surface area contributed by atoms with Crippen LogP contribution in [0.2, 0.25) is 0 Å². The first-order chi connectivity index (χ1) is 18.1. The molecule has 198 valence electrons. The highest BCUT2D eigenvalue weighted by atomic mass is 32.2. The van der Waals surface area contributed by atoms with Crippen LogP contribution in [-0.4, -0.2) is 43.4 Å². The average Bonchev–Trinajstić information content (AvgIpc) is 3.32. The number of thiazole rings is 1. The molecule has 38 heavy (non-hydrogen) atoms. The second-order valence-corrected chi connectivity index (χ2v) is 11.8. The van der Waals surface area contributed by atoms with Gasteiger partial charge in [0.2, 0.25) is 0 Å². The van der Waals surface area contributed by atoms with Gasteiger partial charge in [-0.2, -0.15) is 0 Å². The SMILES string of the molecule is CN1CCC(c2nc(-c3cccc(NS(=O)(=O)c4cc(F)ccc4F)c3F)c(-c3ccnc(N)c3)s2)CC1. The number of nitrogens with one attached hydrogen (secondary N) is 1. The maximum Gasteiger partial charge on any atom is 0.265 e. The van der Waals surface area contributed by atoms with Crippen molar-refractivity contribution in [2.75, 3.05) is 30.6 Å². The van der Waals surface area contributed by atoms with E-state index in [9.17, 15) is 17.2 Å². The normalized spacial score (nSPS) is 15.1. The Balaban J connectivity index is 1.58. The highest BCUT2D eigenvalue weighted by molar-refractivity contribution is 7.92. The maximum absolute atomic E-state index is 15.9. The number of hydrogen-bond donors (Lipinski definition) is 2. The van der Waals surface area contributed by atoms with E-state index in [4.69, 9.17) is 10.7 Å². The van der Waals surface area contributed by atoms with Gasteiger partial charge in [-0.3, -0.25) is 4.72 Å². The molecule has 3 N–H and O–H groups in total. The zero-order chi connectivity index (χ0) is 27.0.